The van der Waals surface area contributed by atoms with Gasteiger partial charge in [-0.15, -0.1) is 0 Å². The fourth-order valence-electron chi connectivity index (χ4n) is 9.95. The van der Waals surface area contributed by atoms with E-state index in [1.165, 1.54) is 41.7 Å². The van der Waals surface area contributed by atoms with Crippen LogP contribution in [0.15, 0.2) is 48.7 Å². The zero-order valence-electron chi connectivity index (χ0n) is 30.9. The van der Waals surface area contributed by atoms with Gasteiger partial charge in [0.1, 0.15) is 0 Å². The van der Waals surface area contributed by atoms with Crippen LogP contribution in [0.1, 0.15) is 61.6 Å². The molecule has 20 heteroatoms. The molecule has 5 fully saturated rings. The van der Waals surface area contributed by atoms with E-state index in [1.807, 2.05) is 0 Å². The first kappa shape index (κ1) is 38.2. The molecule has 2 N–H and O–H groups in total. The van der Waals surface area contributed by atoms with Crippen LogP contribution in [0.3, 0.4) is 0 Å². The number of sulfone groups is 1. The van der Waals surface area contributed by atoms with Crippen LogP contribution in [-0.4, -0.2) is 95.7 Å². The summed E-state index contributed by atoms with van der Waals surface area (Å²) in [5, 5.41) is 3.92. The monoisotopic (exact) mass is 862 g/mol. The first-order valence-electron chi connectivity index (χ1n) is 19.2. The molecule has 2 aromatic carbocycles. The van der Waals surface area contributed by atoms with Gasteiger partial charge in [0, 0.05) is 85.9 Å². The second-order valence-corrected chi connectivity index (χ2v) is 21.4. The lowest BCUT2D eigenvalue weighted by Crippen LogP contribution is -2.61. The lowest BCUT2D eigenvalue weighted by Gasteiger charge is -2.53. The molecule has 6 aliphatic rings. The molecule has 2 saturated carbocycles. The molecule has 12 nitrogen and oxygen atoms in total. The van der Waals surface area contributed by atoms with Gasteiger partial charge in [-0.1, -0.05) is 35.6 Å². The molecular weight excluding hydrogens is 824 g/mol. The summed E-state index contributed by atoms with van der Waals surface area (Å²) in [5.41, 5.74) is 0.543. The highest BCUT2D eigenvalue weighted by Gasteiger charge is 2.56. The van der Waals surface area contributed by atoms with Crippen LogP contribution in [0.5, 0.6) is 0 Å². The van der Waals surface area contributed by atoms with E-state index in [2.05, 4.69) is 24.8 Å². The Hall–Kier alpha value is -3.98. The summed E-state index contributed by atoms with van der Waals surface area (Å²) in [6.45, 7) is 0.738. The number of fused-ring (bicyclic) bond motifs is 3. The van der Waals surface area contributed by atoms with Crippen LogP contribution >= 0.6 is 11.3 Å². The third-order valence-corrected chi connectivity index (χ3v) is 17.2. The van der Waals surface area contributed by atoms with Crippen LogP contribution in [-0.2, 0) is 33.1 Å². The second-order valence-electron chi connectivity index (χ2n) is 16.7. The third-order valence-electron chi connectivity index (χ3n) is 12.6. The van der Waals surface area contributed by atoms with E-state index in [9.17, 15) is 34.4 Å². The summed E-state index contributed by atoms with van der Waals surface area (Å²) in [6, 6.07) is 10.1. The van der Waals surface area contributed by atoms with Crippen molar-refractivity contribution in [1.29, 1.82) is 0 Å². The van der Waals surface area contributed by atoms with Gasteiger partial charge in [-0.3, -0.25) is 9.62 Å². The maximum Gasteiger partial charge on any atom is 0.302 e. The molecule has 4 aliphatic heterocycles. The van der Waals surface area contributed by atoms with E-state index in [0.29, 0.717) is 53.1 Å². The van der Waals surface area contributed by atoms with Gasteiger partial charge >= 0.3 is 10.2 Å². The van der Waals surface area contributed by atoms with Crippen LogP contribution in [0.4, 0.5) is 38.7 Å². The minimum absolute atomic E-state index is 0.00173. The van der Waals surface area contributed by atoms with Crippen molar-refractivity contribution >= 4 is 48.2 Å². The molecule has 10 rings (SSSR count). The second kappa shape index (κ2) is 13.5. The van der Waals surface area contributed by atoms with Crippen molar-refractivity contribution in [2.24, 2.45) is 5.41 Å². The van der Waals surface area contributed by atoms with E-state index in [-0.39, 0.29) is 95.1 Å². The minimum Gasteiger partial charge on any atom is -0.351 e. The number of piperazine rings is 1. The first-order valence-corrected chi connectivity index (χ1v) is 23.3. The number of anilines is 3. The normalized spacial score (nSPS) is 25.0. The molecule has 0 radical (unpaired) electrons. The number of rotatable bonds is 10. The SMILES string of the molecule is O=S1(=O)CC2(CC(Nc3nccc(-c4sc(N5C6CCC5CN(C5CC(F)(F)C5)C6)nc4-c4cccc(NS(=O)(=O)N5Cc6cccc(C(F)F)c6C5)c4F)n3)C2)C1. The summed E-state index contributed by atoms with van der Waals surface area (Å²) in [6.07, 6.45) is 1.51. The van der Waals surface area contributed by atoms with Gasteiger partial charge < -0.3 is 10.2 Å². The molecule has 4 aromatic rings. The number of nitrogens with zero attached hydrogens (tertiary/aromatic N) is 6. The Morgan fingerprint density at radius 1 is 0.914 bits per heavy atom. The average molecular weight is 863 g/mol. The van der Waals surface area contributed by atoms with Gasteiger partial charge in [-0.05, 0) is 55.0 Å². The van der Waals surface area contributed by atoms with Crippen LogP contribution in [0.25, 0.3) is 21.8 Å². The Balaban J connectivity index is 0.958. The predicted molar refractivity (Wildman–Crippen MR) is 208 cm³/mol. The molecule has 2 unspecified atom stereocenters. The number of benzene rings is 2. The van der Waals surface area contributed by atoms with Crippen LogP contribution in [0.2, 0.25) is 0 Å². The van der Waals surface area contributed by atoms with Crippen LogP contribution < -0.4 is 14.9 Å². The van der Waals surface area contributed by atoms with E-state index >= 15 is 4.39 Å². The van der Waals surface area contributed by atoms with Crippen molar-refractivity contribution in [3.8, 4) is 21.8 Å². The standard InChI is InChI=1S/C38H39F5N8O4S3/c39-31-27(5-2-6-29(31)48-58(54,55)50-15-21-3-1-4-26(34(40)41)28(21)18-50)32-33(30-9-10-44-35(46-30)45-22-11-37(12-22)19-57(52,53)20-37)56-36(47-32)51-23-7-8-24(51)17-49(16-23)25-13-38(42,43)14-25/h1-6,9-10,22-25,34,48H,7-8,11-20H2,(H,44,45,46). The fraction of sp³-hybridized carbons (Fsp3) is 0.500. The Morgan fingerprint density at radius 3 is 2.33 bits per heavy atom. The van der Waals surface area contributed by atoms with Crippen molar-refractivity contribution in [2.75, 3.05) is 39.5 Å². The van der Waals surface area contributed by atoms with Crippen molar-refractivity contribution in [2.45, 2.75) is 88.1 Å². The van der Waals surface area contributed by atoms with Gasteiger partial charge in [-0.2, -0.15) is 12.7 Å². The minimum atomic E-state index is -4.41. The summed E-state index contributed by atoms with van der Waals surface area (Å²) >= 11 is 1.31. The Morgan fingerprint density at radius 2 is 1.64 bits per heavy atom. The Bertz CT molecular complexity index is 2500. The lowest BCUT2D eigenvalue weighted by molar-refractivity contribution is -0.127. The highest BCUT2D eigenvalue weighted by Crippen LogP contribution is 2.51. The molecular formula is C38H39F5N8O4S3. The summed E-state index contributed by atoms with van der Waals surface area (Å²) in [7, 11) is -7.39. The third kappa shape index (κ3) is 6.71. The topological polar surface area (TPSA) is 141 Å². The van der Waals surface area contributed by atoms with Crippen LogP contribution in [0, 0.1) is 11.2 Å². The maximum absolute atomic E-state index is 16.8. The van der Waals surface area contributed by atoms with Gasteiger partial charge in [0.15, 0.2) is 20.8 Å². The van der Waals surface area contributed by atoms with E-state index in [0.717, 1.165) is 17.1 Å². The molecule has 2 atom stereocenters. The summed E-state index contributed by atoms with van der Waals surface area (Å²) < 4.78 is 126. The van der Waals surface area contributed by atoms with E-state index in [1.54, 1.807) is 18.3 Å². The fourth-order valence-corrected chi connectivity index (χ4v) is 14.6. The van der Waals surface area contributed by atoms with Crippen molar-refractivity contribution in [1.82, 2.24) is 24.2 Å². The molecule has 2 aliphatic carbocycles. The van der Waals surface area contributed by atoms with Crippen molar-refractivity contribution in [3.05, 3.63) is 71.2 Å². The zero-order valence-corrected chi connectivity index (χ0v) is 33.4. The highest BCUT2D eigenvalue weighted by molar-refractivity contribution is 7.92. The number of aromatic nitrogens is 3. The number of halogens is 5. The predicted octanol–water partition coefficient (Wildman–Crippen LogP) is 6.46. The highest BCUT2D eigenvalue weighted by atomic mass is 32.2. The first-order chi connectivity index (χ1) is 27.5. The van der Waals surface area contributed by atoms with Gasteiger partial charge in [0.05, 0.1) is 33.5 Å². The zero-order chi connectivity index (χ0) is 40.4. The van der Waals surface area contributed by atoms with Crippen molar-refractivity contribution < 1.29 is 38.8 Å². The summed E-state index contributed by atoms with van der Waals surface area (Å²) in [4.78, 5) is 19.1. The molecule has 2 aromatic heterocycles. The number of nitrogens with one attached hydrogen (secondary N) is 2. The molecule has 6 heterocycles. The molecule has 2 bridgehead atoms. The smallest absolute Gasteiger partial charge is 0.302 e. The van der Waals surface area contributed by atoms with Gasteiger partial charge in [0.2, 0.25) is 5.95 Å². The molecule has 0 amide bonds. The lowest BCUT2D eigenvalue weighted by atomic mass is 9.67. The quantitative estimate of drug-likeness (QED) is 0.171. The molecule has 1 spiro atoms. The number of alkyl halides is 4. The van der Waals surface area contributed by atoms with E-state index < -0.39 is 38.2 Å². The molecule has 3 saturated heterocycles. The Kier molecular flexibility index (Phi) is 8.91. The number of likely N-dealkylation sites (tertiary alicyclic amines) is 1. The maximum atomic E-state index is 16.8. The summed E-state index contributed by atoms with van der Waals surface area (Å²) in [5.74, 6) is -2.85. The van der Waals surface area contributed by atoms with Gasteiger partial charge in [-0.25, -0.2) is 45.3 Å². The molecule has 308 valence electrons. The molecule has 58 heavy (non-hydrogen) atoms. The largest absolute Gasteiger partial charge is 0.351 e. The average Bonchev–Trinajstić information content (AvgIpc) is 3.84. The van der Waals surface area contributed by atoms with Crippen molar-refractivity contribution in [3.63, 3.8) is 0 Å². The Labute approximate surface area is 336 Å². The van der Waals surface area contributed by atoms with E-state index in [4.69, 9.17) is 9.97 Å². The number of hydrogen-bond acceptors (Lipinski definition) is 11. The van der Waals surface area contributed by atoms with Gasteiger partial charge in [0.25, 0.3) is 12.3 Å². The number of thiazole rings is 1. The number of hydrogen-bond donors (Lipinski definition) is 2.